The molecule has 0 bridgehead atoms. The minimum atomic E-state index is -1.22. The van der Waals surface area contributed by atoms with Crippen molar-refractivity contribution in [3.05, 3.63) is 71.8 Å². The van der Waals surface area contributed by atoms with Gasteiger partial charge in [-0.3, -0.25) is 15.0 Å². The van der Waals surface area contributed by atoms with Crippen LogP contribution in [0.15, 0.2) is 60.7 Å². The molecule has 6 nitrogen and oxygen atoms in total. The van der Waals surface area contributed by atoms with Gasteiger partial charge in [0.15, 0.2) is 12.2 Å². The molecule has 0 aliphatic rings. The van der Waals surface area contributed by atoms with Crippen LogP contribution in [0.25, 0.3) is 0 Å². The largest absolute Gasteiger partial charge is 0.355 e. The van der Waals surface area contributed by atoms with E-state index in [0.29, 0.717) is 17.7 Å². The van der Waals surface area contributed by atoms with E-state index in [1.807, 2.05) is 67.6 Å². The van der Waals surface area contributed by atoms with E-state index in [1.54, 1.807) is 0 Å². The highest BCUT2D eigenvalue weighted by Crippen LogP contribution is 2.27. The summed E-state index contributed by atoms with van der Waals surface area (Å²) in [7, 11) is 0. The molecule has 0 aromatic heterocycles. The second-order valence-corrected chi connectivity index (χ2v) is 5.86. The molecule has 4 N–H and O–H groups in total. The van der Waals surface area contributed by atoms with Crippen molar-refractivity contribution >= 4 is 18.2 Å². The van der Waals surface area contributed by atoms with Gasteiger partial charge in [0.05, 0.1) is 6.54 Å². The van der Waals surface area contributed by atoms with E-state index in [-0.39, 0.29) is 18.4 Å². The van der Waals surface area contributed by atoms with Gasteiger partial charge in [-0.2, -0.15) is 0 Å². The fourth-order valence-corrected chi connectivity index (χ4v) is 2.62. The van der Waals surface area contributed by atoms with Crippen LogP contribution >= 0.6 is 0 Å². The Morgan fingerprint density at radius 3 is 2.00 bits per heavy atom. The number of benzene rings is 2. The quantitative estimate of drug-likeness (QED) is 0.331. The number of guanidine groups is 1. The second kappa shape index (κ2) is 9.36. The van der Waals surface area contributed by atoms with Gasteiger partial charge in [-0.1, -0.05) is 67.6 Å². The molecule has 0 saturated carbocycles. The number of hydrogen-bond acceptors (Lipinski definition) is 3. The number of carbonyl (C=O) groups is 2. The summed E-state index contributed by atoms with van der Waals surface area (Å²) in [5, 5.41) is 16.6. The molecule has 6 heteroatoms. The highest BCUT2D eigenvalue weighted by molar-refractivity contribution is 5.89. The van der Waals surface area contributed by atoms with Crippen molar-refractivity contribution in [1.29, 1.82) is 5.41 Å². The molecule has 0 unspecified atom stereocenters. The summed E-state index contributed by atoms with van der Waals surface area (Å²) in [6.45, 7) is 2.52. The van der Waals surface area contributed by atoms with Crippen molar-refractivity contribution in [3.8, 4) is 0 Å². The first-order valence-electron chi connectivity index (χ1n) is 8.57. The molecular weight excluding hydrogens is 328 g/mol. The molecule has 0 aliphatic carbocycles. The highest BCUT2D eigenvalue weighted by atomic mass is 16.2. The monoisotopic (exact) mass is 352 g/mol. The first kappa shape index (κ1) is 19.2. The predicted octanol–water partition coefficient (Wildman–Crippen LogP) is 1.77. The third kappa shape index (κ3) is 4.69. The zero-order valence-electron chi connectivity index (χ0n) is 14.8. The summed E-state index contributed by atoms with van der Waals surface area (Å²) < 4.78 is 0. The molecule has 1 amide bonds. The van der Waals surface area contributed by atoms with E-state index in [9.17, 15) is 9.59 Å². The van der Waals surface area contributed by atoms with Crippen molar-refractivity contribution in [3.63, 3.8) is 0 Å². The van der Waals surface area contributed by atoms with Crippen molar-refractivity contribution < 1.29 is 9.59 Å². The molecule has 0 saturated heterocycles. The van der Waals surface area contributed by atoms with Gasteiger partial charge in [-0.15, -0.1) is 0 Å². The molecule has 2 aromatic rings. The predicted molar refractivity (Wildman–Crippen MR) is 102 cm³/mol. The van der Waals surface area contributed by atoms with Crippen LogP contribution in [-0.2, 0) is 15.1 Å². The van der Waals surface area contributed by atoms with E-state index < -0.39 is 5.54 Å². The van der Waals surface area contributed by atoms with E-state index in [1.165, 1.54) is 0 Å². The number of nitrogens with one attached hydrogen (secondary N) is 4. The zero-order valence-corrected chi connectivity index (χ0v) is 14.8. The summed E-state index contributed by atoms with van der Waals surface area (Å²) in [6.07, 6.45) is 1.63. The number of amides is 1. The van der Waals surface area contributed by atoms with E-state index in [4.69, 9.17) is 5.41 Å². The van der Waals surface area contributed by atoms with Crippen LogP contribution in [0.1, 0.15) is 24.5 Å². The lowest BCUT2D eigenvalue weighted by molar-refractivity contribution is -0.120. The van der Waals surface area contributed by atoms with Crippen LogP contribution < -0.4 is 16.0 Å². The highest BCUT2D eigenvalue weighted by Gasteiger charge is 2.34. The van der Waals surface area contributed by atoms with E-state index in [0.717, 1.165) is 12.7 Å². The van der Waals surface area contributed by atoms with Crippen LogP contribution in [0.5, 0.6) is 0 Å². The van der Waals surface area contributed by atoms with Gasteiger partial charge < -0.3 is 16.0 Å². The molecule has 0 radical (unpaired) electrons. The molecule has 0 heterocycles. The standard InChI is InChI=1S/C20H24N4O2/c1-2-13-22-18(26)14-23-19(21)24-20(15-25,16-9-5-3-6-10-16)17-11-7-4-8-12-17/h3-12,15H,2,13-14H2,1H3,(H,22,26)(H3,21,23,24). The maximum Gasteiger partial charge on any atom is 0.239 e. The Morgan fingerprint density at radius 1 is 1.00 bits per heavy atom. The molecule has 136 valence electrons. The first-order valence-corrected chi connectivity index (χ1v) is 8.57. The molecule has 0 aliphatic heterocycles. The van der Waals surface area contributed by atoms with E-state index in [2.05, 4.69) is 16.0 Å². The van der Waals surface area contributed by atoms with Gasteiger partial charge >= 0.3 is 0 Å². The third-order valence-corrected chi connectivity index (χ3v) is 3.96. The molecule has 2 rings (SSSR count). The SMILES string of the molecule is CCCNC(=O)CNC(=N)NC(C=O)(c1ccccc1)c1ccccc1. The first-order chi connectivity index (χ1) is 12.6. The summed E-state index contributed by atoms with van der Waals surface area (Å²) in [5.74, 6) is -0.300. The number of carbonyl (C=O) groups excluding carboxylic acids is 2. The van der Waals surface area contributed by atoms with Crippen LogP contribution in [0.4, 0.5) is 0 Å². The third-order valence-electron chi connectivity index (χ3n) is 3.96. The smallest absolute Gasteiger partial charge is 0.239 e. The number of rotatable bonds is 8. The average Bonchev–Trinajstić information content (AvgIpc) is 2.70. The summed E-state index contributed by atoms with van der Waals surface area (Å²) >= 11 is 0. The Bertz CT molecular complexity index is 692. The molecular formula is C20H24N4O2. The van der Waals surface area contributed by atoms with Crippen molar-refractivity contribution in [2.75, 3.05) is 13.1 Å². The minimum absolute atomic E-state index is 0.0374. The van der Waals surface area contributed by atoms with Gasteiger partial charge in [-0.25, -0.2) is 0 Å². The van der Waals surface area contributed by atoms with Gasteiger partial charge in [0.2, 0.25) is 5.91 Å². The maximum atomic E-state index is 12.2. The van der Waals surface area contributed by atoms with Crippen LogP contribution in [0.3, 0.4) is 0 Å². The number of hydrogen-bond donors (Lipinski definition) is 4. The fourth-order valence-electron chi connectivity index (χ4n) is 2.62. The zero-order chi connectivity index (χ0) is 18.8. The van der Waals surface area contributed by atoms with Crippen LogP contribution in [0, 0.1) is 5.41 Å². The molecule has 26 heavy (non-hydrogen) atoms. The lowest BCUT2D eigenvalue weighted by atomic mass is 9.84. The molecule has 2 aromatic carbocycles. The Labute approximate surface area is 153 Å². The second-order valence-electron chi connectivity index (χ2n) is 5.86. The Balaban J connectivity index is 2.21. The van der Waals surface area contributed by atoms with Gasteiger partial charge in [0.25, 0.3) is 0 Å². The minimum Gasteiger partial charge on any atom is -0.355 e. The lowest BCUT2D eigenvalue weighted by Crippen LogP contribution is -2.53. The van der Waals surface area contributed by atoms with Gasteiger partial charge in [-0.05, 0) is 17.5 Å². The molecule has 0 spiro atoms. The van der Waals surface area contributed by atoms with Crippen molar-refractivity contribution in [2.24, 2.45) is 0 Å². The van der Waals surface area contributed by atoms with Crippen LogP contribution in [0.2, 0.25) is 0 Å². The Hall–Kier alpha value is -3.15. The summed E-state index contributed by atoms with van der Waals surface area (Å²) in [6, 6.07) is 18.4. The Morgan fingerprint density at radius 2 is 1.54 bits per heavy atom. The van der Waals surface area contributed by atoms with Crippen molar-refractivity contribution in [1.82, 2.24) is 16.0 Å². The lowest BCUT2D eigenvalue weighted by Gasteiger charge is -2.31. The molecule has 0 atom stereocenters. The van der Waals surface area contributed by atoms with Crippen LogP contribution in [-0.4, -0.2) is 31.2 Å². The summed E-state index contributed by atoms with van der Waals surface area (Å²) in [5.41, 5.74) is 0.207. The van der Waals surface area contributed by atoms with Gasteiger partial charge in [0.1, 0.15) is 5.54 Å². The van der Waals surface area contributed by atoms with E-state index >= 15 is 0 Å². The Kier molecular flexibility index (Phi) is 6.91. The van der Waals surface area contributed by atoms with Gasteiger partial charge in [0, 0.05) is 6.54 Å². The average molecular weight is 352 g/mol. The topological polar surface area (TPSA) is 94.1 Å². The fraction of sp³-hybridized carbons (Fsp3) is 0.250. The summed E-state index contributed by atoms with van der Waals surface area (Å²) in [4.78, 5) is 23.9. The number of aldehydes is 1. The normalized spacial score (nSPS) is 10.7. The maximum absolute atomic E-state index is 12.2. The molecule has 0 fully saturated rings. The van der Waals surface area contributed by atoms with Crippen molar-refractivity contribution in [2.45, 2.75) is 18.9 Å².